The van der Waals surface area contributed by atoms with Gasteiger partial charge in [-0.3, -0.25) is 4.98 Å². The molecule has 270 valence electrons. The van der Waals surface area contributed by atoms with E-state index in [-0.39, 0.29) is 0 Å². The first-order valence-electron chi connectivity index (χ1n) is 19.5. The molecule has 11 rings (SSSR count). The molecule has 2 aromatic heterocycles. The molecule has 0 unspecified atom stereocenters. The molecule has 0 fully saturated rings. The Morgan fingerprint density at radius 1 is 0.259 bits per heavy atom. The summed E-state index contributed by atoms with van der Waals surface area (Å²) < 4.78 is 0. The lowest BCUT2D eigenvalue weighted by Crippen LogP contribution is -2.00. The van der Waals surface area contributed by atoms with E-state index in [0.717, 1.165) is 38.9 Å². The predicted molar refractivity (Wildman–Crippen MR) is 240 cm³/mol. The summed E-state index contributed by atoms with van der Waals surface area (Å²) in [6, 6.07) is 68.7. The van der Waals surface area contributed by atoms with Crippen LogP contribution in [0.5, 0.6) is 0 Å². The minimum absolute atomic E-state index is 0.628. The molecule has 11 aromatic rings. The quantitative estimate of drug-likeness (QED) is 0.159. The summed E-state index contributed by atoms with van der Waals surface area (Å²) >= 11 is 0. The van der Waals surface area contributed by atoms with E-state index in [9.17, 15) is 0 Å². The van der Waals surface area contributed by atoms with Gasteiger partial charge in [0, 0.05) is 29.1 Å². The Kier molecular flexibility index (Phi) is 8.11. The van der Waals surface area contributed by atoms with E-state index < -0.39 is 0 Å². The van der Waals surface area contributed by atoms with Crippen molar-refractivity contribution in [1.82, 2.24) is 19.9 Å². The Bertz CT molecular complexity index is 3290. The third kappa shape index (κ3) is 5.87. The van der Waals surface area contributed by atoms with Crippen LogP contribution in [0, 0.1) is 0 Å². The lowest BCUT2D eigenvalue weighted by molar-refractivity contribution is 1.07. The van der Waals surface area contributed by atoms with Crippen molar-refractivity contribution in [3.05, 3.63) is 207 Å². The molecule has 2 heterocycles. The van der Waals surface area contributed by atoms with Crippen LogP contribution in [0.4, 0.5) is 0 Å². The molecule has 0 saturated heterocycles. The highest BCUT2D eigenvalue weighted by Gasteiger charge is 2.16. The fourth-order valence-corrected chi connectivity index (χ4v) is 8.36. The van der Waals surface area contributed by atoms with Crippen LogP contribution in [0.15, 0.2) is 207 Å². The monoisotopic (exact) mass is 738 g/mol. The van der Waals surface area contributed by atoms with Crippen LogP contribution in [-0.2, 0) is 0 Å². The highest BCUT2D eigenvalue weighted by Crippen LogP contribution is 2.43. The molecule has 0 N–H and O–H groups in total. The summed E-state index contributed by atoms with van der Waals surface area (Å²) in [5, 5.41) is 10.3. The Hall–Kier alpha value is -7.82. The fourth-order valence-electron chi connectivity index (χ4n) is 8.36. The topological polar surface area (TPSA) is 51.6 Å². The van der Waals surface area contributed by atoms with Gasteiger partial charge in [-0.1, -0.05) is 182 Å². The summed E-state index contributed by atoms with van der Waals surface area (Å²) in [6.07, 6.45) is 3.66. The zero-order valence-corrected chi connectivity index (χ0v) is 31.4. The first-order valence-corrected chi connectivity index (χ1v) is 19.5. The van der Waals surface area contributed by atoms with Crippen LogP contribution in [0.1, 0.15) is 0 Å². The van der Waals surface area contributed by atoms with E-state index in [1.807, 2.05) is 42.6 Å². The minimum Gasteiger partial charge on any atom is -0.264 e. The highest BCUT2D eigenvalue weighted by atomic mass is 15.0. The largest absolute Gasteiger partial charge is 0.264 e. The molecular formula is C54H34N4. The van der Waals surface area contributed by atoms with Crippen LogP contribution in [0.25, 0.3) is 111 Å². The molecule has 0 amide bonds. The Morgan fingerprint density at radius 3 is 1.17 bits per heavy atom. The summed E-state index contributed by atoms with van der Waals surface area (Å²) in [7, 11) is 0. The number of aromatic nitrogens is 4. The van der Waals surface area contributed by atoms with Crippen molar-refractivity contribution in [3.63, 3.8) is 0 Å². The maximum Gasteiger partial charge on any atom is 0.164 e. The molecule has 0 bridgehead atoms. The Labute approximate surface area is 335 Å². The predicted octanol–water partition coefficient (Wildman–Crippen LogP) is 13.9. The summed E-state index contributed by atoms with van der Waals surface area (Å²) in [5.41, 5.74) is 9.64. The number of benzene rings is 9. The third-order valence-corrected chi connectivity index (χ3v) is 11.2. The molecular weight excluding hydrogens is 705 g/mol. The van der Waals surface area contributed by atoms with Crippen molar-refractivity contribution in [2.75, 3.05) is 0 Å². The molecule has 0 aliphatic heterocycles. The van der Waals surface area contributed by atoms with Gasteiger partial charge in [-0.05, 0) is 88.6 Å². The molecule has 0 radical (unpaired) electrons. The zero-order chi connectivity index (χ0) is 38.4. The second-order valence-corrected chi connectivity index (χ2v) is 14.6. The van der Waals surface area contributed by atoms with Crippen molar-refractivity contribution >= 4 is 43.1 Å². The average Bonchev–Trinajstić information content (AvgIpc) is 3.32. The molecule has 0 saturated carbocycles. The molecule has 0 aliphatic carbocycles. The number of rotatable bonds is 6. The summed E-state index contributed by atoms with van der Waals surface area (Å²) in [5.74, 6) is 1.90. The van der Waals surface area contributed by atoms with Crippen molar-refractivity contribution in [2.24, 2.45) is 0 Å². The number of hydrogen-bond donors (Lipinski definition) is 0. The van der Waals surface area contributed by atoms with Crippen LogP contribution >= 0.6 is 0 Å². The molecule has 4 nitrogen and oxygen atoms in total. The van der Waals surface area contributed by atoms with E-state index in [2.05, 4.69) is 163 Å². The third-order valence-electron chi connectivity index (χ3n) is 11.2. The maximum absolute atomic E-state index is 5.00. The summed E-state index contributed by atoms with van der Waals surface area (Å²) in [4.78, 5) is 19.2. The van der Waals surface area contributed by atoms with E-state index in [0.29, 0.717) is 17.5 Å². The van der Waals surface area contributed by atoms with Gasteiger partial charge in [0.05, 0.1) is 0 Å². The van der Waals surface area contributed by atoms with Crippen molar-refractivity contribution < 1.29 is 0 Å². The Balaban J connectivity index is 0.952. The van der Waals surface area contributed by atoms with Crippen molar-refractivity contribution in [2.45, 2.75) is 0 Å². The van der Waals surface area contributed by atoms with Crippen molar-refractivity contribution in [3.8, 4) is 67.5 Å². The van der Waals surface area contributed by atoms with E-state index in [4.69, 9.17) is 15.0 Å². The van der Waals surface area contributed by atoms with Crippen LogP contribution < -0.4 is 0 Å². The van der Waals surface area contributed by atoms with Gasteiger partial charge in [-0.25, -0.2) is 15.0 Å². The molecule has 4 heteroatoms. The van der Waals surface area contributed by atoms with E-state index >= 15 is 0 Å². The van der Waals surface area contributed by atoms with Gasteiger partial charge in [0.1, 0.15) is 0 Å². The van der Waals surface area contributed by atoms with Crippen molar-refractivity contribution in [1.29, 1.82) is 0 Å². The number of hydrogen-bond acceptors (Lipinski definition) is 4. The zero-order valence-electron chi connectivity index (χ0n) is 31.4. The number of pyridine rings is 1. The number of fused-ring (bicyclic) bond motifs is 8. The second kappa shape index (κ2) is 14.0. The van der Waals surface area contributed by atoms with E-state index in [1.54, 1.807) is 6.20 Å². The standard InChI is InChI=1S/C54H34N4/c1-2-11-39(12-3-1)52-56-53(58-54(57-52)41-30-24-37(25-31-41)42-13-10-32-55-34-42)40-28-22-36(23-29-40)35-20-26-38(27-21-35)49-33-50-45-16-5-4-14-43(45)44-15-6-8-18-47(44)51(50)48-19-9-7-17-46(48)49/h1-34H. The van der Waals surface area contributed by atoms with Gasteiger partial charge in [0.15, 0.2) is 17.5 Å². The normalized spacial score (nSPS) is 11.4. The lowest BCUT2D eigenvalue weighted by atomic mass is 9.87. The SMILES string of the molecule is c1ccc(-c2nc(-c3ccc(-c4ccc(-c5cc6c7ccccc7c7ccccc7c6c6ccccc56)cc4)cc3)nc(-c3ccc(-c4cccnc4)cc3)n2)cc1. The van der Waals surface area contributed by atoms with Gasteiger partial charge in [-0.15, -0.1) is 0 Å². The average molecular weight is 739 g/mol. The van der Waals surface area contributed by atoms with Gasteiger partial charge in [0.25, 0.3) is 0 Å². The fraction of sp³-hybridized carbons (Fsp3) is 0. The molecule has 9 aromatic carbocycles. The van der Waals surface area contributed by atoms with Crippen LogP contribution in [0.2, 0.25) is 0 Å². The van der Waals surface area contributed by atoms with Crippen LogP contribution in [-0.4, -0.2) is 19.9 Å². The van der Waals surface area contributed by atoms with Gasteiger partial charge >= 0.3 is 0 Å². The molecule has 0 aliphatic rings. The second-order valence-electron chi connectivity index (χ2n) is 14.6. The van der Waals surface area contributed by atoms with Gasteiger partial charge in [0.2, 0.25) is 0 Å². The highest BCUT2D eigenvalue weighted by molar-refractivity contribution is 6.33. The minimum atomic E-state index is 0.628. The van der Waals surface area contributed by atoms with Gasteiger partial charge < -0.3 is 0 Å². The number of nitrogens with zero attached hydrogens (tertiary/aromatic N) is 4. The molecule has 0 atom stereocenters. The summed E-state index contributed by atoms with van der Waals surface area (Å²) in [6.45, 7) is 0. The first kappa shape index (κ1) is 33.5. The molecule has 0 spiro atoms. The Morgan fingerprint density at radius 2 is 0.638 bits per heavy atom. The lowest BCUT2D eigenvalue weighted by Gasteiger charge is -2.16. The van der Waals surface area contributed by atoms with Gasteiger partial charge in [-0.2, -0.15) is 0 Å². The smallest absolute Gasteiger partial charge is 0.164 e. The maximum atomic E-state index is 5.00. The molecule has 58 heavy (non-hydrogen) atoms. The van der Waals surface area contributed by atoms with Crippen LogP contribution in [0.3, 0.4) is 0 Å². The first-order chi connectivity index (χ1) is 28.7. The van der Waals surface area contributed by atoms with E-state index in [1.165, 1.54) is 54.2 Å².